The molecule has 4 aromatic rings. The Morgan fingerprint density at radius 3 is 2.90 bits per heavy atom. The van der Waals surface area contributed by atoms with Crippen LogP contribution in [0.2, 0.25) is 0 Å². The Morgan fingerprint density at radius 2 is 2.10 bits per heavy atom. The van der Waals surface area contributed by atoms with Crippen molar-refractivity contribution in [1.29, 1.82) is 0 Å². The molecule has 0 bridgehead atoms. The van der Waals surface area contributed by atoms with Gasteiger partial charge < -0.3 is 9.80 Å². The monoisotopic (exact) mass is 403 g/mol. The second-order valence-electron chi connectivity index (χ2n) is 8.32. The van der Waals surface area contributed by atoms with Crippen LogP contribution in [0, 0.1) is 5.92 Å². The van der Waals surface area contributed by atoms with Crippen LogP contribution in [0.3, 0.4) is 0 Å². The lowest BCUT2D eigenvalue weighted by Gasteiger charge is -2.30. The Labute approximate surface area is 174 Å². The molecule has 0 radical (unpaired) electrons. The van der Waals surface area contributed by atoms with Gasteiger partial charge >= 0.3 is 0 Å². The molecule has 0 unspecified atom stereocenters. The number of fused-ring (bicyclic) bond motifs is 2. The molecule has 0 N–H and O–H groups in total. The zero-order valence-electron chi connectivity index (χ0n) is 17.5. The summed E-state index contributed by atoms with van der Waals surface area (Å²) in [6.07, 6.45) is 7.86. The molecule has 0 aromatic carbocycles. The van der Waals surface area contributed by atoms with Crippen LogP contribution in [-0.2, 0) is 0 Å². The Bertz CT molecular complexity index is 1240. The lowest BCUT2D eigenvalue weighted by atomic mass is 9.99. The molecule has 1 fully saturated rings. The van der Waals surface area contributed by atoms with Gasteiger partial charge in [-0.1, -0.05) is 6.92 Å². The van der Waals surface area contributed by atoms with Crippen LogP contribution in [0.15, 0.2) is 42.9 Å². The minimum Gasteiger partial charge on any atom is -0.346 e. The van der Waals surface area contributed by atoms with Crippen LogP contribution in [0.25, 0.3) is 22.4 Å². The Balaban J connectivity index is 1.48. The molecule has 0 spiro atoms. The standard InChI is InChI=1S/C22H25N7O/c1-15-5-4-9-27(13-15)21(30)17-11-16-8-10-28(20(16)23-12-17)18-6-7-19-24-22(26(2)3)25-29(19)14-18/h6-8,10-12,14-15H,4-5,9,13H2,1-3H3/t15-/m0/s1. The van der Waals surface area contributed by atoms with Gasteiger partial charge in [-0.05, 0) is 43.0 Å². The summed E-state index contributed by atoms with van der Waals surface area (Å²) < 4.78 is 3.77. The molecule has 5 heterocycles. The van der Waals surface area contributed by atoms with Crippen LogP contribution in [0.1, 0.15) is 30.1 Å². The van der Waals surface area contributed by atoms with E-state index in [-0.39, 0.29) is 5.91 Å². The Kier molecular flexibility index (Phi) is 4.42. The number of hydrogen-bond donors (Lipinski definition) is 0. The van der Waals surface area contributed by atoms with Crippen molar-refractivity contribution >= 4 is 28.5 Å². The second-order valence-corrected chi connectivity index (χ2v) is 8.32. The van der Waals surface area contributed by atoms with E-state index in [0.29, 0.717) is 17.4 Å². The highest BCUT2D eigenvalue weighted by molar-refractivity contribution is 5.97. The maximum Gasteiger partial charge on any atom is 0.255 e. The summed E-state index contributed by atoms with van der Waals surface area (Å²) in [5.74, 6) is 1.29. The summed E-state index contributed by atoms with van der Waals surface area (Å²) in [5, 5.41) is 5.45. The van der Waals surface area contributed by atoms with Crippen molar-refractivity contribution in [3.63, 3.8) is 0 Å². The molecule has 8 nitrogen and oxygen atoms in total. The van der Waals surface area contributed by atoms with Gasteiger partial charge in [0.25, 0.3) is 5.91 Å². The number of nitrogens with zero attached hydrogens (tertiary/aromatic N) is 7. The van der Waals surface area contributed by atoms with Gasteiger partial charge in [0.1, 0.15) is 5.65 Å². The van der Waals surface area contributed by atoms with Crippen LogP contribution in [0.4, 0.5) is 5.95 Å². The molecule has 1 aliphatic heterocycles. The third-order valence-corrected chi connectivity index (χ3v) is 5.70. The van der Waals surface area contributed by atoms with Crippen LogP contribution in [0.5, 0.6) is 0 Å². The van der Waals surface area contributed by atoms with Crippen molar-refractivity contribution in [2.75, 3.05) is 32.1 Å². The van der Waals surface area contributed by atoms with Gasteiger partial charge in [0.05, 0.1) is 17.4 Å². The normalized spacial score (nSPS) is 17.0. The van der Waals surface area contributed by atoms with E-state index in [9.17, 15) is 4.79 Å². The third-order valence-electron chi connectivity index (χ3n) is 5.70. The Hall–Kier alpha value is -3.42. The van der Waals surface area contributed by atoms with E-state index in [2.05, 4.69) is 22.0 Å². The molecule has 154 valence electrons. The van der Waals surface area contributed by atoms with E-state index in [0.717, 1.165) is 41.9 Å². The molecule has 1 aliphatic rings. The van der Waals surface area contributed by atoms with Crippen molar-refractivity contribution in [3.8, 4) is 5.69 Å². The number of rotatable bonds is 3. The van der Waals surface area contributed by atoms with Gasteiger partial charge in [-0.3, -0.25) is 9.36 Å². The quantitative estimate of drug-likeness (QED) is 0.526. The summed E-state index contributed by atoms with van der Waals surface area (Å²) in [6.45, 7) is 3.86. The smallest absolute Gasteiger partial charge is 0.255 e. The summed E-state index contributed by atoms with van der Waals surface area (Å²) >= 11 is 0. The highest BCUT2D eigenvalue weighted by atomic mass is 16.2. The third kappa shape index (κ3) is 3.18. The van der Waals surface area contributed by atoms with Crippen LogP contribution >= 0.6 is 0 Å². The van der Waals surface area contributed by atoms with Crippen molar-refractivity contribution in [1.82, 2.24) is 29.0 Å². The van der Waals surface area contributed by atoms with Gasteiger partial charge in [-0.15, -0.1) is 5.10 Å². The number of piperidine rings is 1. The topological polar surface area (TPSA) is 71.6 Å². The Morgan fingerprint density at radius 1 is 1.23 bits per heavy atom. The van der Waals surface area contributed by atoms with Gasteiger partial charge in [-0.2, -0.15) is 4.98 Å². The van der Waals surface area contributed by atoms with E-state index in [1.807, 2.05) is 65.1 Å². The first kappa shape index (κ1) is 18.6. The fourth-order valence-electron chi connectivity index (χ4n) is 4.10. The maximum absolute atomic E-state index is 12.9. The van der Waals surface area contributed by atoms with Crippen LogP contribution < -0.4 is 4.90 Å². The van der Waals surface area contributed by atoms with E-state index < -0.39 is 0 Å². The summed E-state index contributed by atoms with van der Waals surface area (Å²) in [7, 11) is 3.84. The van der Waals surface area contributed by atoms with Crippen molar-refractivity contribution in [3.05, 3.63) is 48.4 Å². The molecule has 1 saturated heterocycles. The molecule has 5 rings (SSSR count). The average Bonchev–Trinajstić information content (AvgIpc) is 3.36. The molecular weight excluding hydrogens is 378 g/mol. The predicted molar refractivity (Wildman–Crippen MR) is 116 cm³/mol. The number of amides is 1. The molecular formula is C22H25N7O. The fraction of sp³-hybridized carbons (Fsp3) is 0.364. The average molecular weight is 403 g/mol. The number of aromatic nitrogens is 5. The van der Waals surface area contributed by atoms with Crippen molar-refractivity contribution in [2.45, 2.75) is 19.8 Å². The molecule has 0 aliphatic carbocycles. The first-order valence-electron chi connectivity index (χ1n) is 10.3. The first-order valence-corrected chi connectivity index (χ1v) is 10.3. The molecule has 1 atom stereocenters. The van der Waals surface area contributed by atoms with Crippen LogP contribution in [-0.4, -0.2) is 62.1 Å². The maximum atomic E-state index is 12.9. The highest BCUT2D eigenvalue weighted by Crippen LogP contribution is 2.23. The van der Waals surface area contributed by atoms with Gasteiger partial charge in [0.15, 0.2) is 5.65 Å². The number of pyridine rings is 2. The number of carbonyl (C=O) groups excluding carboxylic acids is 1. The van der Waals surface area contributed by atoms with E-state index >= 15 is 0 Å². The highest BCUT2D eigenvalue weighted by Gasteiger charge is 2.22. The molecule has 0 saturated carbocycles. The van der Waals surface area contributed by atoms with E-state index in [1.165, 1.54) is 6.42 Å². The first-order chi connectivity index (χ1) is 14.5. The largest absolute Gasteiger partial charge is 0.346 e. The lowest BCUT2D eigenvalue weighted by Crippen LogP contribution is -2.39. The molecule has 30 heavy (non-hydrogen) atoms. The molecule has 4 aromatic heterocycles. The van der Waals surface area contributed by atoms with Crippen molar-refractivity contribution in [2.24, 2.45) is 5.92 Å². The summed E-state index contributed by atoms with van der Waals surface area (Å²) in [4.78, 5) is 25.9. The molecule has 1 amide bonds. The zero-order valence-corrected chi connectivity index (χ0v) is 17.5. The minimum absolute atomic E-state index is 0.0731. The molecule has 8 heteroatoms. The van der Waals surface area contributed by atoms with Gasteiger partial charge in [0.2, 0.25) is 5.95 Å². The van der Waals surface area contributed by atoms with Gasteiger partial charge in [0, 0.05) is 45.0 Å². The number of hydrogen-bond acceptors (Lipinski definition) is 5. The zero-order chi connectivity index (χ0) is 20.8. The lowest BCUT2D eigenvalue weighted by molar-refractivity contribution is 0.0683. The summed E-state index contributed by atoms with van der Waals surface area (Å²) in [5.41, 5.74) is 3.18. The number of likely N-dealkylation sites (tertiary alicyclic amines) is 1. The van der Waals surface area contributed by atoms with E-state index in [4.69, 9.17) is 0 Å². The fourth-order valence-corrected chi connectivity index (χ4v) is 4.10. The number of carbonyl (C=O) groups is 1. The predicted octanol–water partition coefficient (Wildman–Crippen LogP) is 3.01. The summed E-state index contributed by atoms with van der Waals surface area (Å²) in [6, 6.07) is 7.88. The van der Waals surface area contributed by atoms with E-state index in [1.54, 1.807) is 10.7 Å². The van der Waals surface area contributed by atoms with Crippen molar-refractivity contribution < 1.29 is 4.79 Å². The van der Waals surface area contributed by atoms with Gasteiger partial charge in [-0.25, -0.2) is 9.50 Å². The minimum atomic E-state index is 0.0731. The second kappa shape index (κ2) is 7.12. The number of anilines is 1. The SMILES string of the molecule is C[C@H]1CCCN(C(=O)c2cnc3c(ccn3-c3ccc4nc(N(C)C)nn4c3)c2)C1.